The van der Waals surface area contributed by atoms with Crippen LogP contribution in [0, 0.1) is 10.1 Å². The molecule has 0 saturated heterocycles. The van der Waals surface area contributed by atoms with Crippen molar-refractivity contribution in [3.05, 3.63) is 74.6 Å². The minimum atomic E-state index is -0.431. The first-order chi connectivity index (χ1) is 13.1. The smallest absolute Gasteiger partial charge is 0.271 e. The van der Waals surface area contributed by atoms with Gasteiger partial charge in [-0.25, -0.2) is 0 Å². The highest BCUT2D eigenvalue weighted by Crippen LogP contribution is 2.43. The molecule has 5 rings (SSSR count). The predicted molar refractivity (Wildman–Crippen MR) is 103 cm³/mol. The Kier molecular flexibility index (Phi) is 3.51. The number of carbonyl (C=O) groups is 1. The molecular formula is C20H14N2O4S. The van der Waals surface area contributed by atoms with Gasteiger partial charge in [-0.3, -0.25) is 14.9 Å². The van der Waals surface area contributed by atoms with E-state index >= 15 is 0 Å². The maximum atomic E-state index is 13.1. The van der Waals surface area contributed by atoms with Crippen LogP contribution in [0.3, 0.4) is 0 Å². The Balaban J connectivity index is 1.52. The molecular weight excluding hydrogens is 364 g/mol. The van der Waals surface area contributed by atoms with Gasteiger partial charge in [-0.15, -0.1) is 11.3 Å². The summed E-state index contributed by atoms with van der Waals surface area (Å²) in [6.45, 7) is 0.975. The molecule has 0 fully saturated rings. The predicted octanol–water partition coefficient (Wildman–Crippen LogP) is 4.42. The lowest BCUT2D eigenvalue weighted by Gasteiger charge is -2.16. The van der Waals surface area contributed by atoms with Crippen molar-refractivity contribution < 1.29 is 14.5 Å². The van der Waals surface area contributed by atoms with Crippen LogP contribution in [0.25, 0.3) is 10.4 Å². The number of nitro benzene ring substituents is 1. The lowest BCUT2D eigenvalue weighted by molar-refractivity contribution is -0.384. The van der Waals surface area contributed by atoms with E-state index < -0.39 is 4.92 Å². The van der Waals surface area contributed by atoms with Crippen molar-refractivity contribution in [2.24, 2.45) is 0 Å². The first-order valence-electron chi connectivity index (χ1n) is 8.56. The van der Waals surface area contributed by atoms with Gasteiger partial charge >= 0.3 is 0 Å². The maximum absolute atomic E-state index is 13.1. The Hall–Kier alpha value is -3.19. The normalized spacial score (nSPS) is 14.1. The molecule has 2 aromatic carbocycles. The van der Waals surface area contributed by atoms with Crippen molar-refractivity contribution in [3.8, 4) is 16.2 Å². The number of rotatable bonds is 2. The fourth-order valence-corrected chi connectivity index (χ4v) is 4.78. The van der Waals surface area contributed by atoms with Gasteiger partial charge in [0.05, 0.1) is 15.5 Å². The van der Waals surface area contributed by atoms with Crippen LogP contribution in [0.1, 0.15) is 20.8 Å². The largest absolute Gasteiger partial charge is 0.488 e. The van der Waals surface area contributed by atoms with Crippen molar-refractivity contribution in [2.75, 3.05) is 11.4 Å². The van der Waals surface area contributed by atoms with Crippen molar-refractivity contribution in [2.45, 2.75) is 13.0 Å². The molecule has 3 aromatic rings. The number of hydrogen-bond acceptors (Lipinski definition) is 5. The summed E-state index contributed by atoms with van der Waals surface area (Å²) in [6, 6.07) is 14.4. The van der Waals surface area contributed by atoms with E-state index in [-0.39, 0.29) is 11.6 Å². The molecule has 2 aliphatic heterocycles. The highest BCUT2D eigenvalue weighted by molar-refractivity contribution is 7.17. The molecule has 1 aromatic heterocycles. The van der Waals surface area contributed by atoms with Crippen molar-refractivity contribution in [1.82, 2.24) is 0 Å². The zero-order valence-corrected chi connectivity index (χ0v) is 15.0. The number of nitro groups is 1. The third kappa shape index (κ3) is 2.50. The second kappa shape index (κ2) is 5.92. The minimum absolute atomic E-state index is 0.00116. The zero-order chi connectivity index (χ0) is 18.5. The number of amides is 1. The summed E-state index contributed by atoms with van der Waals surface area (Å²) in [5, 5.41) is 11.1. The molecule has 0 aliphatic carbocycles. The van der Waals surface area contributed by atoms with E-state index in [9.17, 15) is 14.9 Å². The number of nitrogens with zero attached hydrogens (tertiary/aromatic N) is 2. The van der Waals surface area contributed by atoms with E-state index in [4.69, 9.17) is 4.74 Å². The lowest BCUT2D eigenvalue weighted by Crippen LogP contribution is -2.28. The van der Waals surface area contributed by atoms with Gasteiger partial charge in [0.15, 0.2) is 0 Å². The summed E-state index contributed by atoms with van der Waals surface area (Å²) in [5.74, 6) is 0.708. The van der Waals surface area contributed by atoms with Gasteiger partial charge in [-0.1, -0.05) is 18.2 Å². The van der Waals surface area contributed by atoms with Gasteiger partial charge in [-0.2, -0.15) is 0 Å². The number of carbonyl (C=O) groups excluding carboxylic acids is 1. The molecule has 0 saturated carbocycles. The monoisotopic (exact) mass is 378 g/mol. The fraction of sp³-hybridized carbons (Fsp3) is 0.150. The van der Waals surface area contributed by atoms with Crippen LogP contribution < -0.4 is 9.64 Å². The standard InChI is InChI=1S/C20H14N2O4S/c23-20(21-8-7-12-5-6-14(22(24)25)10-16(12)21)18-9-13-11-26-17-4-2-1-3-15(17)19(13)27-18/h1-6,9-10H,7-8,11H2. The second-order valence-corrected chi connectivity index (χ2v) is 7.58. The molecule has 0 spiro atoms. The third-order valence-corrected chi connectivity index (χ3v) is 6.15. The van der Waals surface area contributed by atoms with Crippen LogP contribution >= 0.6 is 11.3 Å². The molecule has 6 nitrogen and oxygen atoms in total. The number of para-hydroxylation sites is 1. The fourth-order valence-electron chi connectivity index (χ4n) is 3.63. The van der Waals surface area contributed by atoms with Crippen LogP contribution in [0.4, 0.5) is 11.4 Å². The molecule has 0 atom stereocenters. The Labute approximate surface area is 158 Å². The SMILES string of the molecule is O=C(c1cc2c(s1)-c1ccccc1OC2)N1CCc2ccc([N+](=O)[O-])cc21. The van der Waals surface area contributed by atoms with Crippen molar-refractivity contribution >= 4 is 28.6 Å². The maximum Gasteiger partial charge on any atom is 0.271 e. The molecule has 0 bridgehead atoms. The van der Waals surface area contributed by atoms with Crippen LogP contribution in [0.15, 0.2) is 48.5 Å². The van der Waals surface area contributed by atoms with Crippen LogP contribution in [-0.4, -0.2) is 17.4 Å². The van der Waals surface area contributed by atoms with Gasteiger partial charge in [0.25, 0.3) is 11.6 Å². The second-order valence-electron chi connectivity index (χ2n) is 6.53. The molecule has 0 unspecified atom stereocenters. The summed E-state index contributed by atoms with van der Waals surface area (Å²) in [4.78, 5) is 27.1. The quantitative estimate of drug-likeness (QED) is 0.489. The first kappa shape index (κ1) is 16.0. The summed E-state index contributed by atoms with van der Waals surface area (Å²) in [5.41, 5.74) is 3.60. The number of anilines is 1. The van der Waals surface area contributed by atoms with Crippen LogP contribution in [-0.2, 0) is 13.0 Å². The van der Waals surface area contributed by atoms with E-state index in [1.165, 1.54) is 23.5 Å². The molecule has 0 radical (unpaired) electrons. The molecule has 0 N–H and O–H groups in total. The van der Waals surface area contributed by atoms with Crippen molar-refractivity contribution in [3.63, 3.8) is 0 Å². The van der Waals surface area contributed by atoms with E-state index in [0.29, 0.717) is 30.1 Å². The van der Waals surface area contributed by atoms with E-state index in [1.807, 2.05) is 30.3 Å². The van der Waals surface area contributed by atoms with Crippen LogP contribution in [0.5, 0.6) is 5.75 Å². The van der Waals surface area contributed by atoms with Gasteiger partial charge in [0.2, 0.25) is 0 Å². The van der Waals surface area contributed by atoms with Gasteiger partial charge in [0, 0.05) is 34.7 Å². The molecule has 7 heteroatoms. The molecule has 1 amide bonds. The summed E-state index contributed by atoms with van der Waals surface area (Å²) in [7, 11) is 0. The van der Waals surface area contributed by atoms with Crippen LogP contribution in [0.2, 0.25) is 0 Å². The highest BCUT2D eigenvalue weighted by Gasteiger charge is 2.30. The Morgan fingerprint density at radius 1 is 1.15 bits per heavy atom. The van der Waals surface area contributed by atoms with Crippen molar-refractivity contribution in [1.29, 1.82) is 0 Å². The first-order valence-corrected chi connectivity index (χ1v) is 9.37. The Morgan fingerprint density at radius 2 is 2.00 bits per heavy atom. The van der Waals surface area contributed by atoms with Gasteiger partial charge in [-0.05, 0) is 30.2 Å². The molecule has 27 heavy (non-hydrogen) atoms. The number of fused-ring (bicyclic) bond motifs is 4. The topological polar surface area (TPSA) is 72.7 Å². The number of benzene rings is 2. The Bertz CT molecular complexity index is 1110. The zero-order valence-electron chi connectivity index (χ0n) is 14.2. The molecule has 2 aliphatic rings. The highest BCUT2D eigenvalue weighted by atomic mass is 32.1. The molecule has 134 valence electrons. The van der Waals surface area contributed by atoms with Gasteiger partial charge in [0.1, 0.15) is 12.4 Å². The molecule has 3 heterocycles. The third-order valence-electron chi connectivity index (χ3n) is 4.96. The minimum Gasteiger partial charge on any atom is -0.488 e. The number of non-ortho nitro benzene ring substituents is 1. The average Bonchev–Trinajstić information content (AvgIpc) is 3.31. The van der Waals surface area contributed by atoms with E-state index in [2.05, 4.69) is 0 Å². The van der Waals surface area contributed by atoms with Gasteiger partial charge < -0.3 is 9.64 Å². The number of thiophene rings is 1. The van der Waals surface area contributed by atoms with E-state index in [1.54, 1.807) is 11.0 Å². The summed E-state index contributed by atoms with van der Waals surface area (Å²) >= 11 is 1.45. The summed E-state index contributed by atoms with van der Waals surface area (Å²) in [6.07, 6.45) is 0.704. The Morgan fingerprint density at radius 3 is 2.85 bits per heavy atom. The lowest BCUT2D eigenvalue weighted by atomic mass is 10.1. The number of ether oxygens (including phenoxy) is 1. The summed E-state index contributed by atoms with van der Waals surface area (Å²) < 4.78 is 5.77. The average molecular weight is 378 g/mol. The van der Waals surface area contributed by atoms with E-state index in [0.717, 1.165) is 27.3 Å². The number of hydrogen-bond donors (Lipinski definition) is 0.